The predicted molar refractivity (Wildman–Crippen MR) is 186 cm³/mol. The molecule has 0 bridgehead atoms. The van der Waals surface area contributed by atoms with Crippen LogP contribution in [0.15, 0.2) is 78.5 Å². The number of nitrogens with one attached hydrogen (secondary N) is 1. The molecule has 4 rings (SSSR count). The van der Waals surface area contributed by atoms with Crippen LogP contribution in [0.4, 0.5) is 0 Å². The van der Waals surface area contributed by atoms with Crippen LogP contribution < -0.4 is 14.8 Å². The van der Waals surface area contributed by atoms with E-state index < -0.39 is 11.9 Å². The van der Waals surface area contributed by atoms with Crippen molar-refractivity contribution in [3.8, 4) is 11.5 Å². The van der Waals surface area contributed by atoms with Gasteiger partial charge >= 0.3 is 11.9 Å². The first-order valence-corrected chi connectivity index (χ1v) is 17.1. The Balaban J connectivity index is 1.32. The highest BCUT2D eigenvalue weighted by Gasteiger charge is 2.20. The molecular formula is C39H47NO9. The normalized spacial score (nSPS) is 13.8. The Hall–Kier alpha value is -4.99. The van der Waals surface area contributed by atoms with Gasteiger partial charge in [-0.25, -0.2) is 0 Å². The molecule has 0 saturated carbocycles. The Morgan fingerprint density at radius 1 is 0.878 bits per heavy atom. The molecule has 0 radical (unpaired) electrons. The second-order valence-electron chi connectivity index (χ2n) is 12.4. The zero-order valence-corrected chi connectivity index (χ0v) is 28.4. The first-order chi connectivity index (χ1) is 23.7. The number of ether oxygens (including phenoxy) is 4. The molecule has 10 nitrogen and oxygen atoms in total. The number of carbonyl (C=O) groups excluding carboxylic acids is 1. The molecule has 2 aromatic rings. The minimum Gasteiger partial charge on any atom is -0.494 e. The van der Waals surface area contributed by atoms with Gasteiger partial charge < -0.3 is 34.5 Å². The van der Waals surface area contributed by atoms with Crippen LogP contribution in [0.3, 0.4) is 0 Å². The van der Waals surface area contributed by atoms with Crippen LogP contribution in [0, 0.1) is 0 Å². The van der Waals surface area contributed by atoms with Gasteiger partial charge in [-0.2, -0.15) is 0 Å². The quantitative estimate of drug-likeness (QED) is 0.120. The van der Waals surface area contributed by atoms with Crippen molar-refractivity contribution in [2.45, 2.75) is 90.5 Å². The number of aryl methyl sites for hydroxylation is 1. The zero-order chi connectivity index (χ0) is 35.0. The van der Waals surface area contributed by atoms with Gasteiger partial charge in [0.15, 0.2) is 11.5 Å². The van der Waals surface area contributed by atoms with E-state index in [1.807, 2.05) is 50.3 Å². The van der Waals surface area contributed by atoms with Crippen molar-refractivity contribution in [2.24, 2.45) is 0 Å². The van der Waals surface area contributed by atoms with Gasteiger partial charge in [0.2, 0.25) is 0 Å². The lowest BCUT2D eigenvalue weighted by Gasteiger charge is -2.20. The van der Waals surface area contributed by atoms with Crippen LogP contribution in [0.1, 0.15) is 98.7 Å². The highest BCUT2D eigenvalue weighted by atomic mass is 16.5. The van der Waals surface area contributed by atoms with Crippen LogP contribution in [0.5, 0.6) is 11.5 Å². The van der Waals surface area contributed by atoms with Crippen LogP contribution in [-0.4, -0.2) is 47.3 Å². The van der Waals surface area contributed by atoms with E-state index in [1.54, 1.807) is 18.4 Å². The topological polar surface area (TPSA) is 141 Å². The molecule has 0 spiro atoms. The number of carboxylic acids is 2. The SMILES string of the molecule is CC(C)NC(=O)c1cc(OCCCCCCc2cccc(OCCCC(=O)O)c2CCC(=O)O)cc(C2=COC=C(C3=CC=CCC3)O2)c1. The standard InChI is InChI=1S/C39H47NO9/c1-27(2)40-39(45)31-22-30(36-26-46-25-35(49-36)29-13-7-5-8-14-29)23-32(24-31)47-20-9-4-3-6-12-28-15-10-16-34(33(28)18-19-38(43)44)48-21-11-17-37(41)42/h5,7,10,13,15-16,22-27H,3-4,6,8-9,11-12,14,17-21H2,1-2H3,(H,40,45)(H,41,42)(H,43,44). The first-order valence-electron chi connectivity index (χ1n) is 17.1. The summed E-state index contributed by atoms with van der Waals surface area (Å²) < 4.78 is 23.9. The fraction of sp³-hybridized carbons (Fsp3) is 0.410. The van der Waals surface area contributed by atoms with E-state index in [0.29, 0.717) is 53.6 Å². The molecule has 2 aromatic carbocycles. The smallest absolute Gasteiger partial charge is 0.303 e. The number of unbranched alkanes of at least 4 members (excludes halogenated alkanes) is 3. The van der Waals surface area contributed by atoms with Gasteiger partial charge in [0.1, 0.15) is 24.0 Å². The summed E-state index contributed by atoms with van der Waals surface area (Å²) in [6, 6.07) is 11.1. The minimum atomic E-state index is -0.877. The van der Waals surface area contributed by atoms with Crippen molar-refractivity contribution in [3.63, 3.8) is 0 Å². The molecule has 1 amide bonds. The second kappa shape index (κ2) is 19.1. The number of carbonyl (C=O) groups is 3. The summed E-state index contributed by atoms with van der Waals surface area (Å²) >= 11 is 0. The average Bonchev–Trinajstić information content (AvgIpc) is 3.09. The Kier molecular flexibility index (Phi) is 14.4. The zero-order valence-electron chi connectivity index (χ0n) is 28.4. The summed E-state index contributed by atoms with van der Waals surface area (Å²) in [5, 5.41) is 21.1. The molecule has 1 aliphatic heterocycles. The van der Waals surface area contributed by atoms with Crippen molar-refractivity contribution in [2.75, 3.05) is 13.2 Å². The number of hydrogen-bond donors (Lipinski definition) is 3. The van der Waals surface area contributed by atoms with Crippen molar-refractivity contribution in [1.82, 2.24) is 5.32 Å². The van der Waals surface area contributed by atoms with E-state index in [1.165, 1.54) is 6.26 Å². The molecule has 10 heteroatoms. The highest BCUT2D eigenvalue weighted by molar-refractivity contribution is 5.95. The van der Waals surface area contributed by atoms with Gasteiger partial charge in [0, 0.05) is 30.0 Å². The molecule has 0 atom stereocenters. The fourth-order valence-corrected chi connectivity index (χ4v) is 5.56. The molecule has 49 heavy (non-hydrogen) atoms. The Bertz CT molecular complexity index is 1580. The molecule has 0 saturated heterocycles. The molecule has 1 aliphatic carbocycles. The van der Waals surface area contributed by atoms with Gasteiger partial charge in [-0.05, 0) is 99.8 Å². The Morgan fingerprint density at radius 3 is 2.41 bits per heavy atom. The van der Waals surface area contributed by atoms with Crippen LogP contribution in [-0.2, 0) is 31.9 Å². The van der Waals surface area contributed by atoms with Gasteiger partial charge in [-0.15, -0.1) is 0 Å². The summed E-state index contributed by atoms with van der Waals surface area (Å²) in [7, 11) is 0. The van der Waals surface area contributed by atoms with Crippen molar-refractivity contribution in [3.05, 3.63) is 101 Å². The van der Waals surface area contributed by atoms with Crippen molar-refractivity contribution >= 4 is 23.6 Å². The average molecular weight is 674 g/mol. The first kappa shape index (κ1) is 36.8. The maximum Gasteiger partial charge on any atom is 0.303 e. The monoisotopic (exact) mass is 673 g/mol. The van der Waals surface area contributed by atoms with Crippen molar-refractivity contribution < 1.29 is 43.5 Å². The van der Waals surface area contributed by atoms with Crippen LogP contribution in [0.25, 0.3) is 5.76 Å². The number of allylic oxidation sites excluding steroid dienone is 4. The maximum atomic E-state index is 13.0. The number of hydrogen-bond acceptors (Lipinski definition) is 7. The van der Waals surface area contributed by atoms with E-state index in [2.05, 4.69) is 11.4 Å². The van der Waals surface area contributed by atoms with Crippen LogP contribution >= 0.6 is 0 Å². The molecule has 3 N–H and O–H groups in total. The van der Waals surface area contributed by atoms with Gasteiger partial charge in [-0.1, -0.05) is 43.2 Å². The summed E-state index contributed by atoms with van der Waals surface area (Å²) in [5.74, 6) is 0.373. The summed E-state index contributed by atoms with van der Waals surface area (Å²) in [5.41, 5.74) is 4.11. The third-order valence-corrected chi connectivity index (χ3v) is 7.99. The Morgan fingerprint density at radius 2 is 1.65 bits per heavy atom. The number of benzene rings is 2. The minimum absolute atomic E-state index is 0.00807. The van der Waals surface area contributed by atoms with E-state index in [0.717, 1.165) is 61.6 Å². The summed E-state index contributed by atoms with van der Waals surface area (Å²) in [6.45, 7) is 4.56. The van der Waals surface area contributed by atoms with E-state index in [-0.39, 0.29) is 31.4 Å². The number of rotatable bonds is 20. The van der Waals surface area contributed by atoms with Crippen LogP contribution in [0.2, 0.25) is 0 Å². The number of amides is 1. The molecule has 2 aliphatic rings. The number of carboxylic acid groups (broad SMARTS) is 2. The van der Waals surface area contributed by atoms with Gasteiger partial charge in [-0.3, -0.25) is 14.4 Å². The molecular weight excluding hydrogens is 626 g/mol. The fourth-order valence-electron chi connectivity index (χ4n) is 5.56. The third kappa shape index (κ3) is 12.2. The third-order valence-electron chi connectivity index (χ3n) is 7.99. The molecule has 0 fully saturated rings. The van der Waals surface area contributed by atoms with Gasteiger partial charge in [0.25, 0.3) is 5.91 Å². The highest BCUT2D eigenvalue weighted by Crippen LogP contribution is 2.33. The largest absolute Gasteiger partial charge is 0.494 e. The molecule has 1 heterocycles. The Labute approximate surface area is 288 Å². The molecule has 0 aromatic heterocycles. The lowest BCUT2D eigenvalue weighted by molar-refractivity contribution is -0.138. The lowest BCUT2D eigenvalue weighted by atomic mass is 9.97. The van der Waals surface area contributed by atoms with E-state index >= 15 is 0 Å². The summed E-state index contributed by atoms with van der Waals surface area (Å²) in [4.78, 5) is 35.1. The summed E-state index contributed by atoms with van der Waals surface area (Å²) in [6.07, 6.45) is 16.2. The maximum absolute atomic E-state index is 13.0. The molecule has 0 unspecified atom stereocenters. The molecule has 262 valence electrons. The lowest BCUT2D eigenvalue weighted by Crippen LogP contribution is -2.30. The van der Waals surface area contributed by atoms with Gasteiger partial charge in [0.05, 0.1) is 13.2 Å². The van der Waals surface area contributed by atoms with Crippen molar-refractivity contribution in [1.29, 1.82) is 0 Å². The van der Waals surface area contributed by atoms with E-state index in [4.69, 9.17) is 24.1 Å². The number of aliphatic carboxylic acids is 2. The second-order valence-corrected chi connectivity index (χ2v) is 12.4. The van der Waals surface area contributed by atoms with E-state index in [9.17, 15) is 19.5 Å². The predicted octanol–water partition coefficient (Wildman–Crippen LogP) is 7.73.